The van der Waals surface area contributed by atoms with Gasteiger partial charge >= 0.3 is 0 Å². The van der Waals surface area contributed by atoms with Gasteiger partial charge in [0.05, 0.1) is 5.25 Å². The van der Waals surface area contributed by atoms with Crippen LogP contribution in [0.15, 0.2) is 53.7 Å². The van der Waals surface area contributed by atoms with Crippen LogP contribution in [-0.4, -0.2) is 11.0 Å². The number of nitrogens with zero attached hydrogens (tertiary/aromatic N) is 1. The fourth-order valence-electron chi connectivity index (χ4n) is 2.00. The topological polar surface area (TPSA) is 38.9 Å². The van der Waals surface area contributed by atoms with E-state index in [-0.39, 0.29) is 11.3 Å². The highest BCUT2D eigenvalue weighted by atomic mass is 32.2. The number of hydrogen-bond acceptors (Lipinski definition) is 3. The Kier molecular flexibility index (Phi) is 5.00. The minimum absolute atomic E-state index is 0.134. The molecule has 0 aliphatic carbocycles. The Balaban J connectivity index is 2.24. The molecule has 0 amide bonds. The van der Waals surface area contributed by atoms with Gasteiger partial charge in [-0.2, -0.15) is 0 Å². The summed E-state index contributed by atoms with van der Waals surface area (Å²) in [4.78, 5) is 5.47. The summed E-state index contributed by atoms with van der Waals surface area (Å²) < 4.78 is 0. The van der Waals surface area contributed by atoms with Gasteiger partial charge in [-0.05, 0) is 37.1 Å². The van der Waals surface area contributed by atoms with Crippen LogP contribution in [0.1, 0.15) is 29.7 Å². The second-order valence-electron chi connectivity index (χ2n) is 4.71. The molecule has 1 heterocycles. The average molecular weight is 272 g/mol. The zero-order valence-corrected chi connectivity index (χ0v) is 12.2. The number of aryl methyl sites for hydroxylation is 1. The van der Waals surface area contributed by atoms with Crippen molar-refractivity contribution in [2.45, 2.75) is 36.5 Å². The molecule has 3 heteroatoms. The minimum atomic E-state index is 0.134. The molecule has 2 aromatic rings. The van der Waals surface area contributed by atoms with Gasteiger partial charge < -0.3 is 5.73 Å². The second-order valence-corrected chi connectivity index (χ2v) is 5.93. The molecular formula is C16H20N2S. The number of nitrogens with two attached hydrogens (primary N) is 1. The zero-order valence-electron chi connectivity index (χ0n) is 11.4. The van der Waals surface area contributed by atoms with Gasteiger partial charge in [0.25, 0.3) is 0 Å². The molecule has 2 unspecified atom stereocenters. The summed E-state index contributed by atoms with van der Waals surface area (Å²) in [6.45, 7) is 4.24. The van der Waals surface area contributed by atoms with Crippen LogP contribution in [-0.2, 0) is 0 Å². The van der Waals surface area contributed by atoms with E-state index >= 15 is 0 Å². The van der Waals surface area contributed by atoms with Crippen molar-refractivity contribution in [2.75, 3.05) is 0 Å². The maximum atomic E-state index is 6.29. The van der Waals surface area contributed by atoms with Crippen molar-refractivity contribution in [2.24, 2.45) is 5.73 Å². The van der Waals surface area contributed by atoms with Crippen LogP contribution >= 0.6 is 11.8 Å². The fourth-order valence-corrected chi connectivity index (χ4v) is 3.34. The third-order valence-electron chi connectivity index (χ3n) is 3.13. The van der Waals surface area contributed by atoms with E-state index in [0.717, 1.165) is 6.42 Å². The normalized spacial score (nSPS) is 14.1. The molecule has 1 aromatic carbocycles. The molecule has 2 nitrogen and oxygen atoms in total. The van der Waals surface area contributed by atoms with Crippen LogP contribution in [0.3, 0.4) is 0 Å². The molecule has 0 saturated heterocycles. The van der Waals surface area contributed by atoms with E-state index < -0.39 is 0 Å². The minimum Gasteiger partial charge on any atom is -0.326 e. The first-order valence-electron chi connectivity index (χ1n) is 6.59. The van der Waals surface area contributed by atoms with E-state index in [2.05, 4.69) is 49.2 Å². The van der Waals surface area contributed by atoms with Crippen molar-refractivity contribution in [3.63, 3.8) is 0 Å². The van der Waals surface area contributed by atoms with E-state index in [1.807, 2.05) is 24.0 Å². The lowest BCUT2D eigenvalue weighted by Crippen LogP contribution is -2.25. The third kappa shape index (κ3) is 3.82. The van der Waals surface area contributed by atoms with Gasteiger partial charge in [-0.15, -0.1) is 11.8 Å². The number of aromatic nitrogens is 1. The highest BCUT2D eigenvalue weighted by molar-refractivity contribution is 7.99. The first-order valence-corrected chi connectivity index (χ1v) is 7.47. The highest BCUT2D eigenvalue weighted by Gasteiger charge is 2.20. The molecule has 100 valence electrons. The molecule has 2 rings (SSSR count). The van der Waals surface area contributed by atoms with Gasteiger partial charge in [-0.3, -0.25) is 4.98 Å². The molecule has 2 atom stereocenters. The molecule has 0 aliphatic rings. The fraction of sp³-hybridized carbons (Fsp3) is 0.312. The van der Waals surface area contributed by atoms with Gasteiger partial charge in [-0.25, -0.2) is 0 Å². The Bertz CT molecular complexity index is 513. The Hall–Kier alpha value is -1.32. The molecule has 0 bridgehead atoms. The van der Waals surface area contributed by atoms with Crippen LogP contribution in [0.25, 0.3) is 0 Å². The van der Waals surface area contributed by atoms with Gasteiger partial charge in [0.15, 0.2) is 0 Å². The molecule has 2 N–H and O–H groups in total. The predicted molar refractivity (Wildman–Crippen MR) is 82.3 cm³/mol. The maximum Gasteiger partial charge on any atom is 0.0510 e. The van der Waals surface area contributed by atoms with Crippen molar-refractivity contribution < 1.29 is 0 Å². The van der Waals surface area contributed by atoms with Crippen molar-refractivity contribution in [1.82, 2.24) is 4.98 Å². The van der Waals surface area contributed by atoms with E-state index in [9.17, 15) is 0 Å². The van der Waals surface area contributed by atoms with Crippen LogP contribution < -0.4 is 5.73 Å². The summed E-state index contributed by atoms with van der Waals surface area (Å²) in [6, 6.07) is 12.8. The largest absolute Gasteiger partial charge is 0.326 e. The predicted octanol–water partition coefficient (Wildman–Crippen LogP) is 3.96. The molecule has 0 fully saturated rings. The summed E-state index contributed by atoms with van der Waals surface area (Å²) >= 11 is 1.82. The summed E-state index contributed by atoms with van der Waals surface area (Å²) in [6.07, 6.45) is 4.68. The van der Waals surface area contributed by atoms with E-state index in [1.165, 1.54) is 16.0 Å². The first-order chi connectivity index (χ1) is 9.20. The second kappa shape index (κ2) is 6.73. The van der Waals surface area contributed by atoms with E-state index in [4.69, 9.17) is 5.73 Å². The van der Waals surface area contributed by atoms with Crippen LogP contribution in [0, 0.1) is 6.92 Å². The number of hydrogen-bond donors (Lipinski definition) is 1. The smallest absolute Gasteiger partial charge is 0.0510 e. The molecule has 0 aliphatic heterocycles. The quantitative estimate of drug-likeness (QED) is 0.837. The summed E-state index contributed by atoms with van der Waals surface area (Å²) in [5.74, 6) is 0. The van der Waals surface area contributed by atoms with Gasteiger partial charge in [-0.1, -0.05) is 30.7 Å². The van der Waals surface area contributed by atoms with Crippen molar-refractivity contribution in [1.29, 1.82) is 0 Å². The van der Waals surface area contributed by atoms with Crippen molar-refractivity contribution in [3.8, 4) is 0 Å². The van der Waals surface area contributed by atoms with Crippen LogP contribution in [0.2, 0.25) is 0 Å². The van der Waals surface area contributed by atoms with Gasteiger partial charge in [0, 0.05) is 23.3 Å². The zero-order chi connectivity index (χ0) is 13.7. The summed E-state index contributed by atoms with van der Waals surface area (Å²) in [5.41, 5.74) is 8.76. The van der Waals surface area contributed by atoms with Crippen LogP contribution in [0.5, 0.6) is 0 Å². The van der Waals surface area contributed by atoms with Gasteiger partial charge in [0.1, 0.15) is 0 Å². The summed E-state index contributed by atoms with van der Waals surface area (Å²) in [7, 11) is 0. The molecular weight excluding hydrogens is 252 g/mol. The lowest BCUT2D eigenvalue weighted by molar-refractivity contribution is 0.633. The first kappa shape index (κ1) is 14.1. The summed E-state index contributed by atoms with van der Waals surface area (Å²) in [5, 5.41) is 0.250. The Morgan fingerprint density at radius 1 is 1.26 bits per heavy atom. The molecule has 1 aromatic heterocycles. The SMILES string of the molecule is CCC(N)C(Sc1cccc(C)c1)c1cccnc1. The van der Waals surface area contributed by atoms with Crippen molar-refractivity contribution >= 4 is 11.8 Å². The maximum absolute atomic E-state index is 6.29. The Labute approximate surface area is 119 Å². The number of benzene rings is 1. The Morgan fingerprint density at radius 2 is 2.11 bits per heavy atom. The Morgan fingerprint density at radius 3 is 2.74 bits per heavy atom. The molecule has 19 heavy (non-hydrogen) atoms. The number of rotatable bonds is 5. The number of thioether (sulfide) groups is 1. The average Bonchev–Trinajstić information content (AvgIpc) is 2.45. The monoisotopic (exact) mass is 272 g/mol. The van der Waals surface area contributed by atoms with Crippen molar-refractivity contribution in [3.05, 3.63) is 59.9 Å². The van der Waals surface area contributed by atoms with E-state index in [0.29, 0.717) is 0 Å². The third-order valence-corrected chi connectivity index (χ3v) is 4.53. The standard InChI is InChI=1S/C16H20N2S/c1-3-15(17)16(13-7-5-9-18-11-13)19-14-8-4-6-12(2)10-14/h4-11,15-16H,3,17H2,1-2H3. The van der Waals surface area contributed by atoms with Crippen LogP contribution in [0.4, 0.5) is 0 Å². The lowest BCUT2D eigenvalue weighted by atomic mass is 10.1. The molecule has 0 saturated carbocycles. The molecule has 0 spiro atoms. The van der Waals surface area contributed by atoms with E-state index in [1.54, 1.807) is 6.20 Å². The lowest BCUT2D eigenvalue weighted by Gasteiger charge is -2.22. The number of pyridine rings is 1. The molecule has 0 radical (unpaired) electrons. The highest BCUT2D eigenvalue weighted by Crippen LogP contribution is 2.37. The van der Waals surface area contributed by atoms with Gasteiger partial charge in [0.2, 0.25) is 0 Å².